The highest BCUT2D eigenvalue weighted by atomic mass is 16.7. The molecule has 4 atom stereocenters. The largest absolute Gasteiger partial charge is 0.510 e. The van der Waals surface area contributed by atoms with Crippen molar-refractivity contribution < 1.29 is 58.7 Å². The minimum atomic E-state index is -2.83. The van der Waals surface area contributed by atoms with E-state index < -0.39 is 107 Å². The molecule has 0 spiro atoms. The van der Waals surface area contributed by atoms with E-state index in [-0.39, 0.29) is 29.7 Å². The number of ether oxygens (including phenoxy) is 2. The molecular weight excluding hydrogens is 803 g/mol. The number of aromatic hydroxyl groups is 1. The Morgan fingerprint density at radius 2 is 1.50 bits per heavy atom. The predicted octanol–water partition coefficient (Wildman–Crippen LogP) is 3.70. The summed E-state index contributed by atoms with van der Waals surface area (Å²) in [5.41, 5.74) is 1.85. The number of amides is 3. The maximum absolute atomic E-state index is 14.5. The maximum atomic E-state index is 14.5. The number of nitrogens with one attached hydrogen (secondary N) is 1. The Morgan fingerprint density at radius 3 is 2.02 bits per heavy atom. The molecule has 0 fully saturated rings. The summed E-state index contributed by atoms with van der Waals surface area (Å²) in [7, 11) is 6.43. The number of ketones is 2. The highest BCUT2D eigenvalue weighted by molar-refractivity contribution is 6.25. The van der Waals surface area contributed by atoms with Crippen LogP contribution in [0.15, 0.2) is 89.4 Å². The van der Waals surface area contributed by atoms with Gasteiger partial charge in [-0.2, -0.15) is 0 Å². The fourth-order valence-corrected chi connectivity index (χ4v) is 8.76. The van der Waals surface area contributed by atoms with Gasteiger partial charge in [0.15, 0.2) is 17.1 Å². The van der Waals surface area contributed by atoms with Crippen LogP contribution in [0.1, 0.15) is 60.2 Å². The lowest BCUT2D eigenvalue weighted by molar-refractivity contribution is -0.153. The van der Waals surface area contributed by atoms with Crippen LogP contribution in [0.25, 0.3) is 0 Å². The molecule has 0 radical (unpaired) electrons. The van der Waals surface area contributed by atoms with Crippen LogP contribution in [0.5, 0.6) is 5.75 Å². The van der Waals surface area contributed by atoms with Crippen LogP contribution in [-0.4, -0.2) is 124 Å². The number of phenols is 1. The molecule has 6 rings (SSSR count). The normalized spacial score (nSPS) is 20.9. The molecule has 0 heterocycles. The second-order valence-electron chi connectivity index (χ2n) is 17.1. The summed E-state index contributed by atoms with van der Waals surface area (Å²) in [6, 6.07) is 18.2. The lowest BCUT2D eigenvalue weighted by atomic mass is 9.58. The van der Waals surface area contributed by atoms with Gasteiger partial charge in [0, 0.05) is 36.8 Å². The highest BCUT2D eigenvalue weighted by Crippen LogP contribution is 2.54. The number of nitrogens with two attached hydrogens (primary N) is 1. The van der Waals surface area contributed by atoms with E-state index in [1.165, 1.54) is 11.0 Å². The summed E-state index contributed by atoms with van der Waals surface area (Å²) in [4.78, 5) is 85.3. The van der Waals surface area contributed by atoms with Gasteiger partial charge in [-0.15, -0.1) is 0 Å². The molecule has 328 valence electrons. The van der Waals surface area contributed by atoms with Crippen molar-refractivity contribution in [2.75, 3.05) is 51.7 Å². The SMILES string of the molecule is CN(C)c1cc(NC(=O)CN(C(=O)OCOC(=O)C(c2ccccc2)c2ccccc2)C(C)(C)C)c(O)c2c1C[C@H]1C[C@H]3[C@H](N(C)C)C(O)=C(C(N)=O)C(=O)[C@@]3(O)C(O)=C1C2=O. The number of carbonyl (C=O) groups excluding carboxylic acids is 6. The Morgan fingerprint density at radius 1 is 0.919 bits per heavy atom. The van der Waals surface area contributed by atoms with Crippen molar-refractivity contribution in [3.8, 4) is 5.75 Å². The number of allylic oxidation sites excluding steroid dienone is 1. The number of phenolic OH excluding ortho intramolecular Hbond substituents is 1. The van der Waals surface area contributed by atoms with E-state index in [1.54, 1.807) is 102 Å². The first-order valence-corrected chi connectivity index (χ1v) is 19.8. The van der Waals surface area contributed by atoms with Gasteiger partial charge in [-0.25, -0.2) is 4.79 Å². The van der Waals surface area contributed by atoms with E-state index in [4.69, 9.17) is 15.2 Å². The average Bonchev–Trinajstić information content (AvgIpc) is 3.19. The van der Waals surface area contributed by atoms with Crippen LogP contribution in [0.4, 0.5) is 16.2 Å². The molecule has 0 saturated heterocycles. The molecule has 62 heavy (non-hydrogen) atoms. The molecule has 3 aromatic rings. The van der Waals surface area contributed by atoms with Crippen LogP contribution in [0.3, 0.4) is 0 Å². The van der Waals surface area contributed by atoms with Crippen LogP contribution >= 0.6 is 0 Å². The quantitative estimate of drug-likeness (QED) is 0.0697. The number of carbonyl (C=O) groups is 6. The van der Waals surface area contributed by atoms with E-state index in [2.05, 4.69) is 5.32 Å². The number of likely N-dealkylation sites (N-methyl/N-ethyl adjacent to an activating group) is 1. The van der Waals surface area contributed by atoms with Gasteiger partial charge in [-0.1, -0.05) is 60.7 Å². The van der Waals surface area contributed by atoms with E-state index in [0.29, 0.717) is 22.4 Å². The smallest absolute Gasteiger partial charge is 0.413 e. The molecule has 17 heteroatoms. The zero-order valence-corrected chi connectivity index (χ0v) is 35.5. The predicted molar refractivity (Wildman–Crippen MR) is 225 cm³/mol. The molecule has 0 saturated carbocycles. The summed E-state index contributed by atoms with van der Waals surface area (Å²) in [5.74, 6) is -10.3. The molecule has 0 aromatic heterocycles. The average molecular weight is 854 g/mol. The first-order chi connectivity index (χ1) is 29.1. The molecule has 0 unspecified atom stereocenters. The fourth-order valence-electron chi connectivity index (χ4n) is 8.76. The molecule has 0 bridgehead atoms. The van der Waals surface area contributed by atoms with Gasteiger partial charge in [-0.3, -0.25) is 33.8 Å². The second kappa shape index (κ2) is 17.0. The van der Waals surface area contributed by atoms with Crippen molar-refractivity contribution in [2.45, 2.75) is 56.7 Å². The number of rotatable bonds is 11. The van der Waals surface area contributed by atoms with Gasteiger partial charge < -0.3 is 45.9 Å². The van der Waals surface area contributed by atoms with E-state index in [9.17, 15) is 49.2 Å². The Kier molecular flexibility index (Phi) is 12.3. The number of primary amides is 1. The minimum absolute atomic E-state index is 0.0233. The molecule has 3 amide bonds. The highest BCUT2D eigenvalue weighted by Gasteiger charge is 2.63. The first-order valence-electron chi connectivity index (χ1n) is 19.8. The standard InChI is InChI=1S/C45H51N5O12/c1-44(2,3)50(43(59)62-22-61-42(58)31(23-14-10-8-11-15-23)24-16-12-9-13-17-24)21-30(51)47-28-20-29(48(4)5)26-18-25-19-27-35(49(6)7)38(54)34(41(46)57)40(56)45(27,60)39(55)32(25)37(53)33(26)36(28)52/h8-17,20,25,27,31,35,52,54-55,60H,18-19,21-22H2,1-7H3,(H2,46,57)(H,47,51)/t25-,27-,35-,45-/m0/s1. The van der Waals surface area contributed by atoms with Crippen LogP contribution in [0.2, 0.25) is 0 Å². The topological polar surface area (TPSA) is 250 Å². The van der Waals surface area contributed by atoms with E-state index >= 15 is 0 Å². The third kappa shape index (κ3) is 7.96. The molecular formula is C45H51N5O12. The number of benzene rings is 3. The number of esters is 1. The van der Waals surface area contributed by atoms with Crippen LogP contribution in [0, 0.1) is 11.8 Å². The zero-order valence-electron chi connectivity index (χ0n) is 35.5. The molecule has 3 aliphatic rings. The lowest BCUT2D eigenvalue weighted by Gasteiger charge is -2.50. The van der Waals surface area contributed by atoms with Crippen LogP contribution < -0.4 is 16.0 Å². The number of nitrogens with zero attached hydrogens (tertiary/aromatic N) is 3. The third-order valence-electron chi connectivity index (χ3n) is 11.7. The number of aliphatic hydroxyl groups excluding tert-OH is 2. The van der Waals surface area contributed by atoms with Crippen molar-refractivity contribution in [1.29, 1.82) is 0 Å². The van der Waals surface area contributed by atoms with Crippen molar-refractivity contribution >= 4 is 46.8 Å². The molecule has 3 aromatic carbocycles. The lowest BCUT2D eigenvalue weighted by Crippen LogP contribution is -2.63. The van der Waals surface area contributed by atoms with Crippen LogP contribution in [-0.2, 0) is 35.1 Å². The van der Waals surface area contributed by atoms with Crippen molar-refractivity contribution in [1.82, 2.24) is 9.80 Å². The van der Waals surface area contributed by atoms with Gasteiger partial charge in [0.25, 0.3) is 5.91 Å². The summed E-state index contributed by atoms with van der Waals surface area (Å²) in [6.07, 6.45) is -1.07. The van der Waals surface area contributed by atoms with Gasteiger partial charge in [-0.05, 0) is 76.4 Å². The van der Waals surface area contributed by atoms with E-state index in [1.807, 2.05) is 12.1 Å². The summed E-state index contributed by atoms with van der Waals surface area (Å²) in [5, 5.41) is 49.0. The zero-order chi connectivity index (χ0) is 45.6. The van der Waals surface area contributed by atoms with Gasteiger partial charge in [0.05, 0.1) is 17.3 Å². The van der Waals surface area contributed by atoms with Gasteiger partial charge in [0.2, 0.25) is 18.5 Å². The summed E-state index contributed by atoms with van der Waals surface area (Å²) in [6.45, 7) is 3.57. The van der Waals surface area contributed by atoms with Crippen molar-refractivity contribution in [2.24, 2.45) is 17.6 Å². The van der Waals surface area contributed by atoms with E-state index in [0.717, 1.165) is 4.90 Å². The Balaban J connectivity index is 1.24. The monoisotopic (exact) mass is 853 g/mol. The second-order valence-corrected chi connectivity index (χ2v) is 17.1. The minimum Gasteiger partial charge on any atom is -0.510 e. The Hall–Kier alpha value is -6.72. The Bertz CT molecular complexity index is 2350. The number of fused-ring (bicyclic) bond motifs is 3. The third-order valence-corrected chi connectivity index (χ3v) is 11.7. The number of hydrogen-bond acceptors (Lipinski definition) is 14. The summed E-state index contributed by atoms with van der Waals surface area (Å²) >= 11 is 0. The maximum Gasteiger partial charge on any atom is 0.413 e. The summed E-state index contributed by atoms with van der Waals surface area (Å²) < 4.78 is 10.8. The number of hydrogen-bond donors (Lipinski definition) is 6. The van der Waals surface area contributed by atoms with Gasteiger partial charge >= 0.3 is 12.1 Å². The van der Waals surface area contributed by atoms with Gasteiger partial charge in [0.1, 0.15) is 29.6 Å². The molecule has 7 N–H and O–H groups in total. The fraction of sp³-hybridized carbons (Fsp3) is 0.378. The number of anilines is 2. The number of aliphatic hydroxyl groups is 3. The molecule has 17 nitrogen and oxygen atoms in total. The number of Topliss-reactive ketones (excluding diaryl/α,β-unsaturated/α-hetero) is 2. The van der Waals surface area contributed by atoms with Crippen molar-refractivity contribution in [3.63, 3.8) is 0 Å². The Labute approximate surface area is 358 Å². The molecule has 0 aliphatic heterocycles. The molecule has 3 aliphatic carbocycles. The first kappa shape index (κ1) is 44.8. The van der Waals surface area contributed by atoms with Crippen molar-refractivity contribution in [3.05, 3.63) is 112 Å².